The zero-order valence-electron chi connectivity index (χ0n) is 26.9. The molecule has 0 radical (unpaired) electrons. The van der Waals surface area contributed by atoms with Crippen molar-refractivity contribution >= 4 is 27.3 Å². The summed E-state index contributed by atoms with van der Waals surface area (Å²) in [7, 11) is -2.27. The van der Waals surface area contributed by atoms with E-state index in [1.807, 2.05) is 24.3 Å². The number of rotatable bonds is 16. The van der Waals surface area contributed by atoms with E-state index in [1.165, 1.54) is 12.1 Å². The molecule has 0 aromatic heterocycles. The van der Waals surface area contributed by atoms with Gasteiger partial charge in [-0.2, -0.15) is 0 Å². The van der Waals surface area contributed by atoms with Gasteiger partial charge in [0.1, 0.15) is 11.5 Å². The van der Waals surface area contributed by atoms with Gasteiger partial charge in [-0.3, -0.25) is 4.79 Å². The maximum Gasteiger partial charge on any atom is 0.252 e. The van der Waals surface area contributed by atoms with E-state index in [0.717, 1.165) is 5.56 Å². The van der Waals surface area contributed by atoms with E-state index in [0.29, 0.717) is 42.1 Å². The van der Waals surface area contributed by atoms with Crippen LogP contribution in [0.15, 0.2) is 118 Å². The van der Waals surface area contributed by atoms with Crippen molar-refractivity contribution < 1.29 is 32.5 Å². The summed E-state index contributed by atoms with van der Waals surface area (Å²) in [6.07, 6.45) is -0.440. The Hall–Kier alpha value is -5.36. The van der Waals surface area contributed by atoms with Gasteiger partial charge in [0.2, 0.25) is 5.90 Å². The number of azide groups is 1. The van der Waals surface area contributed by atoms with Crippen LogP contribution in [0.3, 0.4) is 0 Å². The highest BCUT2D eigenvalue weighted by molar-refractivity contribution is 7.91. The molecule has 0 unspecified atom stereocenters. The Bertz CT molecular complexity index is 1930. The van der Waals surface area contributed by atoms with Crippen molar-refractivity contribution in [3.8, 4) is 11.5 Å². The van der Waals surface area contributed by atoms with Crippen LogP contribution >= 0.6 is 0 Å². The summed E-state index contributed by atoms with van der Waals surface area (Å²) in [6, 6.07) is 29.1. The van der Waals surface area contributed by atoms with Crippen LogP contribution < -0.4 is 14.8 Å². The number of ether oxygens (including phenoxy) is 3. The number of aliphatic imine (C=N–C) groups is 1. The number of nitrogens with zero attached hydrogens (tertiary/aromatic N) is 4. The fourth-order valence-corrected chi connectivity index (χ4v) is 6.92. The van der Waals surface area contributed by atoms with Crippen molar-refractivity contribution in [3.63, 3.8) is 0 Å². The molecule has 1 aliphatic rings. The second kappa shape index (κ2) is 16.2. The molecular weight excluding hydrogens is 646 g/mol. The van der Waals surface area contributed by atoms with E-state index >= 15 is 0 Å². The Morgan fingerprint density at radius 3 is 2.51 bits per heavy atom. The minimum absolute atomic E-state index is 0.00508. The number of nitrogens with one attached hydrogen (secondary N) is 1. The minimum Gasteiger partial charge on any atom is -0.497 e. The normalized spacial score (nSPS) is 16.9. The second-order valence-electron chi connectivity index (χ2n) is 11.3. The third-order valence-electron chi connectivity index (χ3n) is 8.09. The van der Waals surface area contributed by atoms with Crippen molar-refractivity contribution in [2.45, 2.75) is 35.8 Å². The molecule has 13 heteroatoms. The van der Waals surface area contributed by atoms with Crippen molar-refractivity contribution in [1.29, 1.82) is 0 Å². The fraction of sp³-hybridized carbons (Fsp3) is 0.278. The summed E-state index contributed by atoms with van der Waals surface area (Å²) in [5.74, 6) is 0.403. The molecule has 0 bridgehead atoms. The van der Waals surface area contributed by atoms with Gasteiger partial charge in [-0.05, 0) is 66.0 Å². The average molecular weight is 684 g/mol. The Balaban J connectivity index is 1.55. The van der Waals surface area contributed by atoms with Gasteiger partial charge in [0, 0.05) is 47.7 Å². The van der Waals surface area contributed by atoms with Gasteiger partial charge in [0.05, 0.1) is 24.4 Å². The maximum atomic E-state index is 14.5. The topological polar surface area (TPSA) is 172 Å². The molecule has 0 saturated carbocycles. The lowest BCUT2D eigenvalue weighted by Crippen LogP contribution is -2.49. The van der Waals surface area contributed by atoms with E-state index in [9.17, 15) is 18.7 Å². The molecule has 2 atom stereocenters. The first kappa shape index (κ1) is 35.0. The molecule has 1 heterocycles. The molecule has 49 heavy (non-hydrogen) atoms. The fourth-order valence-electron chi connectivity index (χ4n) is 5.53. The zero-order chi connectivity index (χ0) is 34.7. The van der Waals surface area contributed by atoms with Crippen molar-refractivity contribution in [2.24, 2.45) is 10.1 Å². The third kappa shape index (κ3) is 8.39. The van der Waals surface area contributed by atoms with E-state index in [2.05, 4.69) is 15.3 Å². The van der Waals surface area contributed by atoms with Gasteiger partial charge in [-0.1, -0.05) is 59.7 Å². The Kier molecular flexibility index (Phi) is 11.5. The first-order valence-corrected chi connectivity index (χ1v) is 17.4. The molecule has 254 valence electrons. The van der Waals surface area contributed by atoms with Gasteiger partial charge in [0.15, 0.2) is 21.5 Å². The van der Waals surface area contributed by atoms with Gasteiger partial charge >= 0.3 is 0 Å². The molecule has 4 aromatic carbocycles. The van der Waals surface area contributed by atoms with Crippen molar-refractivity contribution in [1.82, 2.24) is 5.32 Å². The van der Waals surface area contributed by atoms with Gasteiger partial charge in [-0.15, -0.1) is 0 Å². The summed E-state index contributed by atoms with van der Waals surface area (Å²) in [6.45, 7) is 0.556. The first-order valence-electron chi connectivity index (χ1n) is 15.7. The zero-order valence-corrected chi connectivity index (χ0v) is 27.8. The summed E-state index contributed by atoms with van der Waals surface area (Å²) >= 11 is 0. The van der Waals surface area contributed by atoms with E-state index < -0.39 is 33.1 Å². The Morgan fingerprint density at radius 1 is 1.02 bits per heavy atom. The molecule has 0 spiro atoms. The van der Waals surface area contributed by atoms with Gasteiger partial charge in [-0.25, -0.2) is 13.4 Å². The molecule has 0 fully saturated rings. The smallest absolute Gasteiger partial charge is 0.252 e. The van der Waals surface area contributed by atoms with Crippen molar-refractivity contribution in [2.75, 3.05) is 32.6 Å². The Morgan fingerprint density at radius 2 is 1.78 bits per heavy atom. The highest BCUT2D eigenvalue weighted by atomic mass is 32.2. The molecule has 4 aromatic rings. The molecular formula is C36H37N5O7S. The van der Waals surface area contributed by atoms with Crippen LogP contribution in [0.5, 0.6) is 11.5 Å². The lowest BCUT2D eigenvalue weighted by Gasteiger charge is -2.31. The van der Waals surface area contributed by atoms with Crippen LogP contribution in [0.25, 0.3) is 10.4 Å². The number of methoxy groups -OCH3 is 1. The first-order chi connectivity index (χ1) is 23.8. The van der Waals surface area contributed by atoms with Crippen LogP contribution in [-0.2, 0) is 25.8 Å². The maximum absolute atomic E-state index is 14.5. The quantitative estimate of drug-likeness (QED) is 0.0642. The summed E-state index contributed by atoms with van der Waals surface area (Å²) < 4.78 is 44.7. The van der Waals surface area contributed by atoms with Crippen LogP contribution in [0.2, 0.25) is 0 Å². The number of hydrogen-bond donors (Lipinski definition) is 2. The van der Waals surface area contributed by atoms with E-state index in [1.54, 1.807) is 73.8 Å². The molecule has 1 amide bonds. The van der Waals surface area contributed by atoms with Crippen LogP contribution in [0.1, 0.15) is 35.6 Å². The summed E-state index contributed by atoms with van der Waals surface area (Å²) in [5.41, 5.74) is 9.63. The van der Waals surface area contributed by atoms with Gasteiger partial charge in [0.25, 0.3) is 5.91 Å². The van der Waals surface area contributed by atoms with Gasteiger partial charge < -0.3 is 24.6 Å². The lowest BCUT2D eigenvalue weighted by atomic mass is 9.84. The number of carbonyl (C=O) groups excluding carboxylic acids is 1. The number of aliphatic hydroxyl groups excluding tert-OH is 1. The molecule has 1 aliphatic heterocycles. The van der Waals surface area contributed by atoms with Crippen LogP contribution in [0, 0.1) is 0 Å². The summed E-state index contributed by atoms with van der Waals surface area (Å²) in [5, 5.41) is 15.9. The molecule has 0 saturated heterocycles. The van der Waals surface area contributed by atoms with Crippen LogP contribution in [-0.4, -0.2) is 63.5 Å². The number of benzene rings is 4. The van der Waals surface area contributed by atoms with Crippen molar-refractivity contribution in [3.05, 3.63) is 130 Å². The highest BCUT2D eigenvalue weighted by Crippen LogP contribution is 2.46. The minimum atomic E-state index is -3.85. The van der Waals surface area contributed by atoms with Crippen LogP contribution in [0.4, 0.5) is 5.69 Å². The Labute approximate surface area is 284 Å². The summed E-state index contributed by atoms with van der Waals surface area (Å²) in [4.78, 5) is 22.5. The second-order valence-corrected chi connectivity index (χ2v) is 13.4. The molecule has 12 nitrogen and oxygen atoms in total. The SMILES string of the molecule is COc1cccc(CCNC(=O)[C@]2(CCS(=O)(=O)c3ccccc3)N=C(c3ccc(OCCCO)cc3)O[C@@H]2c2ccccc2N=[N+]=[N-])c1. The number of amides is 1. The monoisotopic (exact) mass is 683 g/mol. The predicted octanol–water partition coefficient (Wildman–Crippen LogP) is 5.88. The number of sulfone groups is 1. The molecule has 2 N–H and O–H groups in total. The molecule has 0 aliphatic carbocycles. The lowest BCUT2D eigenvalue weighted by molar-refractivity contribution is -0.129. The molecule has 5 rings (SSSR count). The number of carbonyl (C=O) groups is 1. The third-order valence-corrected chi connectivity index (χ3v) is 9.82. The van der Waals surface area contributed by atoms with E-state index in [4.69, 9.17) is 24.3 Å². The largest absolute Gasteiger partial charge is 0.497 e. The standard InChI is InChI=1S/C36H37N5O7S/c1-46-29-10-7-9-26(25-29)19-21-38-35(43)36(20-24-49(44,45)30-11-3-2-4-12-30)33(31-13-5-6-14-32(31)40-41-37)48-34(39-36)27-15-17-28(18-16-27)47-23-8-22-42/h2-7,9-18,25,33,42H,8,19-24H2,1H3,(H,38,43)/t33-,36-/m1/s1. The predicted molar refractivity (Wildman–Crippen MR) is 185 cm³/mol. The number of hydrogen-bond acceptors (Lipinski definition) is 9. The average Bonchev–Trinajstić information content (AvgIpc) is 3.53. The van der Waals surface area contributed by atoms with E-state index in [-0.39, 0.29) is 36.1 Å². The highest BCUT2D eigenvalue weighted by Gasteiger charge is 2.54. The number of aliphatic hydroxyl groups is 1.